The minimum absolute atomic E-state index is 0.826. The Bertz CT molecular complexity index is 620. The zero-order valence-corrected chi connectivity index (χ0v) is 12.1. The van der Waals surface area contributed by atoms with Crippen molar-refractivity contribution < 1.29 is 20.4 Å². The Hall–Kier alpha value is -1.71. The fourth-order valence-electron chi connectivity index (χ4n) is 1.70. The molecule has 2 aromatic heterocycles. The molecule has 1 aromatic carbocycles. The van der Waals surface area contributed by atoms with Crippen molar-refractivity contribution in [2.24, 2.45) is 0 Å². The molecule has 93 valence electrons. The van der Waals surface area contributed by atoms with Gasteiger partial charge in [0.1, 0.15) is 0 Å². The molecule has 0 atom stereocenters. The number of rotatable bonds is 2. The van der Waals surface area contributed by atoms with E-state index < -0.39 is 0 Å². The largest absolute Gasteiger partial charge is 0.265 e. The summed E-state index contributed by atoms with van der Waals surface area (Å²) in [5.41, 5.74) is 2.24. The van der Waals surface area contributed by atoms with Gasteiger partial charge in [0, 0.05) is 12.4 Å². The van der Waals surface area contributed by atoms with E-state index in [0.717, 1.165) is 16.2 Å². The number of allylic oxidation sites excluding steroid dienone is 1. The molecule has 0 aliphatic heterocycles. The summed E-state index contributed by atoms with van der Waals surface area (Å²) < 4.78 is 3.20. The summed E-state index contributed by atoms with van der Waals surface area (Å²) >= 11 is 2.02. The summed E-state index contributed by atoms with van der Waals surface area (Å²) in [6.45, 7) is 4.56. The second-order valence-corrected chi connectivity index (χ2v) is 4.55. The van der Waals surface area contributed by atoms with Crippen molar-refractivity contribution in [3.8, 4) is 0 Å². The van der Waals surface area contributed by atoms with Gasteiger partial charge in [0.15, 0.2) is 0 Å². The van der Waals surface area contributed by atoms with Crippen LogP contribution in [0.1, 0.15) is 0 Å². The van der Waals surface area contributed by atoms with Gasteiger partial charge in [-0.25, -0.2) is 0 Å². The van der Waals surface area contributed by atoms with Gasteiger partial charge in [-0.2, -0.15) is 0 Å². The number of hydrogen-bond acceptors (Lipinski definition) is 2. The second kappa shape index (κ2) is 7.02. The van der Waals surface area contributed by atoms with Crippen LogP contribution in [-0.4, -0.2) is 14.5 Å². The number of hydrogen-bond donors (Lipinski definition) is 0. The summed E-state index contributed by atoms with van der Waals surface area (Å²) in [4.78, 5) is 8.23. The van der Waals surface area contributed by atoms with Gasteiger partial charge < -0.3 is 0 Å². The predicted molar refractivity (Wildman–Crippen MR) is 73.8 cm³/mol. The molecule has 0 saturated carbocycles. The maximum atomic E-state index is 4.45. The second-order valence-electron chi connectivity index (χ2n) is 3.85. The normalized spacial score (nSPS) is 9.63. The van der Waals surface area contributed by atoms with E-state index >= 15 is 0 Å². The van der Waals surface area contributed by atoms with Crippen LogP contribution in [0.15, 0.2) is 67.5 Å². The smallest absolute Gasteiger partial charge is 0.0267 e. The van der Waals surface area contributed by atoms with Crippen LogP contribution < -0.4 is 4.13 Å². The van der Waals surface area contributed by atoms with E-state index in [0.29, 0.717) is 0 Å². The first kappa shape index (κ1) is 13.7. The van der Waals surface area contributed by atoms with Gasteiger partial charge in [0.2, 0.25) is 0 Å². The van der Waals surface area contributed by atoms with Gasteiger partial charge in [-0.3, -0.25) is 4.98 Å². The number of para-hydroxylation sites is 2. The summed E-state index contributed by atoms with van der Waals surface area (Å²) in [5, 5.41) is 0. The Labute approximate surface area is 124 Å². The molecule has 0 saturated heterocycles. The third kappa shape index (κ3) is 3.63. The van der Waals surface area contributed by atoms with E-state index in [1.54, 1.807) is 12.4 Å². The minimum atomic E-state index is 0.826. The summed E-state index contributed by atoms with van der Waals surface area (Å²) in [5.74, 6) is 0. The van der Waals surface area contributed by atoms with Crippen LogP contribution in [-0.2, 0) is 27.0 Å². The van der Waals surface area contributed by atoms with Crippen LogP contribution >= 0.6 is 0 Å². The van der Waals surface area contributed by atoms with Crippen molar-refractivity contribution >= 4 is 15.2 Å². The Balaban J connectivity index is 0.000000186. The quantitative estimate of drug-likeness (QED) is 0.534. The van der Waals surface area contributed by atoms with Crippen molar-refractivity contribution in [1.82, 2.24) is 14.5 Å². The molecule has 0 bridgehead atoms. The third-order valence-electron chi connectivity index (χ3n) is 2.53. The summed E-state index contributed by atoms with van der Waals surface area (Å²) in [6, 6.07) is 13.9. The van der Waals surface area contributed by atoms with Gasteiger partial charge in [0.05, 0.1) is 0 Å². The fraction of sp³-hybridized carbons (Fsp3) is 0.0667. The molecule has 19 heavy (non-hydrogen) atoms. The molecule has 2 heterocycles. The topological polar surface area (TPSA) is 30.7 Å². The third-order valence-corrected chi connectivity index (χ3v) is 3.13. The molecule has 3 nitrogen and oxygen atoms in total. The molecule has 0 aliphatic carbocycles. The molecule has 0 N–H and O–H groups in total. The van der Waals surface area contributed by atoms with Crippen molar-refractivity contribution in [2.45, 2.75) is 6.54 Å². The molecule has 0 fully saturated rings. The zero-order chi connectivity index (χ0) is 13.5. The van der Waals surface area contributed by atoms with Gasteiger partial charge in [-0.1, -0.05) is 6.07 Å². The van der Waals surface area contributed by atoms with Crippen LogP contribution in [0.5, 0.6) is 0 Å². The van der Waals surface area contributed by atoms with E-state index in [4.69, 9.17) is 0 Å². The fourth-order valence-corrected chi connectivity index (χ4v) is 2.22. The van der Waals surface area contributed by atoms with Crippen molar-refractivity contribution in [1.29, 1.82) is 0 Å². The molecule has 0 amide bonds. The standard InChI is InChI=1S/C10H9N2.C5H5N.Ti/c1-2-7-12-8-11-9-5-3-4-6-10(9)12;1-2-4-6-5-3-1;/h2-6H,1,7H2;1-5H;. The first-order chi connectivity index (χ1) is 9.33. The van der Waals surface area contributed by atoms with Gasteiger partial charge >= 0.3 is 88.6 Å². The Morgan fingerprint density at radius 1 is 1.11 bits per heavy atom. The number of nitrogens with zero attached hydrogens (tertiary/aromatic N) is 3. The van der Waals surface area contributed by atoms with Crippen LogP contribution in [0, 0.1) is 0 Å². The summed E-state index contributed by atoms with van der Waals surface area (Å²) in [7, 11) is 0. The monoisotopic (exact) mass is 284 g/mol. The Kier molecular flexibility index (Phi) is 5.07. The predicted octanol–water partition coefficient (Wildman–Crippen LogP) is 2.48. The zero-order valence-electron chi connectivity index (χ0n) is 10.5. The van der Waals surface area contributed by atoms with Crippen LogP contribution in [0.25, 0.3) is 11.0 Å². The molecule has 0 aliphatic rings. The number of fused-ring (bicyclic) bond motifs is 1. The average molecular weight is 284 g/mol. The molecule has 3 aromatic rings. The van der Waals surface area contributed by atoms with Crippen LogP contribution in [0.4, 0.5) is 0 Å². The molecular formula is C15H14N3Ti. The van der Waals surface area contributed by atoms with E-state index in [1.807, 2.05) is 62.9 Å². The molecular weight excluding hydrogens is 270 g/mol. The number of aromatic nitrogens is 3. The van der Waals surface area contributed by atoms with Gasteiger partial charge in [-0.05, 0) is 12.1 Å². The summed E-state index contributed by atoms with van der Waals surface area (Å²) in [6.07, 6.45) is 5.39. The average Bonchev–Trinajstić information content (AvgIpc) is 2.78. The number of pyridine rings is 1. The maximum absolute atomic E-state index is 4.45. The van der Waals surface area contributed by atoms with Crippen molar-refractivity contribution in [3.63, 3.8) is 0 Å². The van der Waals surface area contributed by atoms with Crippen LogP contribution in [0.3, 0.4) is 0 Å². The molecule has 4 heteroatoms. The first-order valence-corrected chi connectivity index (χ1v) is 6.74. The van der Waals surface area contributed by atoms with Crippen molar-refractivity contribution in [3.05, 3.63) is 67.5 Å². The first-order valence-electron chi connectivity index (χ1n) is 5.95. The molecule has 0 spiro atoms. The number of imidazole rings is 1. The van der Waals surface area contributed by atoms with Gasteiger partial charge in [-0.15, -0.1) is 0 Å². The van der Waals surface area contributed by atoms with E-state index in [9.17, 15) is 0 Å². The minimum Gasteiger partial charge on any atom is -0.265 e. The van der Waals surface area contributed by atoms with Crippen LogP contribution in [0.2, 0.25) is 0 Å². The van der Waals surface area contributed by atoms with E-state index in [2.05, 4.69) is 27.2 Å². The Morgan fingerprint density at radius 3 is 2.42 bits per heavy atom. The Morgan fingerprint density at radius 2 is 1.84 bits per heavy atom. The van der Waals surface area contributed by atoms with E-state index in [-0.39, 0.29) is 0 Å². The molecule has 3 rings (SSSR count). The van der Waals surface area contributed by atoms with E-state index in [1.165, 1.54) is 5.52 Å². The van der Waals surface area contributed by atoms with Crippen molar-refractivity contribution in [2.75, 3.05) is 0 Å². The van der Waals surface area contributed by atoms with Gasteiger partial charge in [0.25, 0.3) is 0 Å². The molecule has 0 unspecified atom stereocenters. The maximum Gasteiger partial charge on any atom is 0.0267 e. The number of benzene rings is 1. The molecule has 0 radical (unpaired) electrons. The SMILES string of the molecule is C=CCn1[c]([Ti])nc2ccccc21.c1ccncc1.